The lowest BCUT2D eigenvalue weighted by Gasteiger charge is -2.44. The summed E-state index contributed by atoms with van der Waals surface area (Å²) in [4.78, 5) is 18.8. The Balaban J connectivity index is 1.77. The van der Waals surface area contributed by atoms with Crippen LogP contribution in [0.4, 0.5) is 11.5 Å². The molecular formula is C24H26N4O2. The number of carbonyl (C=O) groups is 1. The number of fused-ring (bicyclic) bond motifs is 1. The van der Waals surface area contributed by atoms with Crippen LogP contribution in [-0.4, -0.2) is 30.1 Å². The molecule has 0 bridgehead atoms. The summed E-state index contributed by atoms with van der Waals surface area (Å²) in [6, 6.07) is 12.1. The van der Waals surface area contributed by atoms with E-state index in [1.807, 2.05) is 11.0 Å². The Morgan fingerprint density at radius 1 is 1.30 bits per heavy atom. The van der Waals surface area contributed by atoms with E-state index in [9.17, 15) is 4.79 Å². The zero-order chi connectivity index (χ0) is 21.3. The molecule has 0 aliphatic carbocycles. The van der Waals surface area contributed by atoms with Gasteiger partial charge in [-0.3, -0.25) is 4.79 Å². The van der Waals surface area contributed by atoms with E-state index in [1.165, 1.54) is 11.1 Å². The Labute approximate surface area is 177 Å². The first-order valence-corrected chi connectivity index (χ1v) is 10.3. The Bertz CT molecular complexity index is 1020. The first-order valence-electron chi connectivity index (χ1n) is 10.3. The highest BCUT2D eigenvalue weighted by Crippen LogP contribution is 2.43. The van der Waals surface area contributed by atoms with Crippen molar-refractivity contribution in [2.75, 3.05) is 23.4 Å². The number of benzene rings is 1. The molecule has 30 heavy (non-hydrogen) atoms. The van der Waals surface area contributed by atoms with Crippen LogP contribution < -0.4 is 10.2 Å². The molecule has 2 aliphatic rings. The van der Waals surface area contributed by atoms with Crippen molar-refractivity contribution in [3.8, 4) is 6.07 Å². The zero-order valence-corrected chi connectivity index (χ0v) is 17.6. The highest BCUT2D eigenvalue weighted by molar-refractivity contribution is 5.94. The van der Waals surface area contributed by atoms with Crippen LogP contribution in [0.1, 0.15) is 49.9 Å². The van der Waals surface area contributed by atoms with E-state index in [0.29, 0.717) is 12.2 Å². The van der Waals surface area contributed by atoms with E-state index in [0.717, 1.165) is 30.1 Å². The van der Waals surface area contributed by atoms with Gasteiger partial charge >= 0.3 is 0 Å². The maximum Gasteiger partial charge on any atom is 0.224 e. The van der Waals surface area contributed by atoms with Crippen molar-refractivity contribution in [3.63, 3.8) is 0 Å². The SMILES string of the molecule is CC(=O)N1c2ccc(C3=CCOCC3)cc2[C@H](Nc2ccc(C#N)cn2)[C@@H](C)[C@@H]1C. The first-order chi connectivity index (χ1) is 14.5. The van der Waals surface area contributed by atoms with Crippen molar-refractivity contribution in [3.05, 3.63) is 59.3 Å². The summed E-state index contributed by atoms with van der Waals surface area (Å²) in [5.74, 6) is 0.928. The molecule has 1 amide bonds. The molecule has 2 aliphatic heterocycles. The van der Waals surface area contributed by atoms with Crippen molar-refractivity contribution in [1.82, 2.24) is 4.98 Å². The van der Waals surface area contributed by atoms with Crippen LogP contribution >= 0.6 is 0 Å². The van der Waals surface area contributed by atoms with Crippen LogP contribution in [0.3, 0.4) is 0 Å². The maximum atomic E-state index is 12.5. The quantitative estimate of drug-likeness (QED) is 0.828. The van der Waals surface area contributed by atoms with Gasteiger partial charge in [-0.25, -0.2) is 4.98 Å². The predicted molar refractivity (Wildman–Crippen MR) is 117 cm³/mol. The van der Waals surface area contributed by atoms with Crippen molar-refractivity contribution >= 4 is 23.0 Å². The number of nitrogens with one attached hydrogen (secondary N) is 1. The lowest BCUT2D eigenvalue weighted by molar-refractivity contribution is -0.117. The second kappa shape index (κ2) is 8.29. The third-order valence-electron chi connectivity index (χ3n) is 6.19. The van der Waals surface area contributed by atoms with Crippen LogP contribution in [0.5, 0.6) is 0 Å². The summed E-state index contributed by atoms with van der Waals surface area (Å²) in [6.45, 7) is 7.23. The molecule has 6 heteroatoms. The van der Waals surface area contributed by atoms with Crippen molar-refractivity contribution in [1.29, 1.82) is 5.26 Å². The van der Waals surface area contributed by atoms with Gasteiger partial charge < -0.3 is 15.0 Å². The number of amides is 1. The summed E-state index contributed by atoms with van der Waals surface area (Å²) in [5.41, 5.74) is 5.01. The van der Waals surface area contributed by atoms with Gasteiger partial charge in [0.05, 0.1) is 24.8 Å². The van der Waals surface area contributed by atoms with E-state index < -0.39 is 0 Å². The Morgan fingerprint density at radius 2 is 2.13 bits per heavy atom. The fourth-order valence-corrected chi connectivity index (χ4v) is 4.40. The number of aromatic nitrogens is 1. The monoisotopic (exact) mass is 402 g/mol. The molecule has 6 nitrogen and oxygen atoms in total. The van der Waals surface area contributed by atoms with E-state index >= 15 is 0 Å². The molecule has 0 spiro atoms. The second-order valence-electron chi connectivity index (χ2n) is 7.98. The highest BCUT2D eigenvalue weighted by Gasteiger charge is 2.38. The lowest BCUT2D eigenvalue weighted by atomic mass is 9.81. The number of hydrogen-bond donors (Lipinski definition) is 1. The number of ether oxygens (including phenoxy) is 1. The maximum absolute atomic E-state index is 12.5. The van der Waals surface area contributed by atoms with Gasteiger partial charge in [0, 0.05) is 30.8 Å². The van der Waals surface area contributed by atoms with Crippen molar-refractivity contribution in [2.24, 2.45) is 5.92 Å². The average molecular weight is 402 g/mol. The van der Waals surface area contributed by atoms with Crippen molar-refractivity contribution in [2.45, 2.75) is 39.3 Å². The topological polar surface area (TPSA) is 78.2 Å². The van der Waals surface area contributed by atoms with E-state index in [-0.39, 0.29) is 23.9 Å². The number of nitriles is 1. The summed E-state index contributed by atoms with van der Waals surface area (Å²) in [5, 5.41) is 12.6. The predicted octanol–water partition coefficient (Wildman–Crippen LogP) is 4.30. The summed E-state index contributed by atoms with van der Waals surface area (Å²) >= 11 is 0. The van der Waals surface area contributed by atoms with Gasteiger partial charge in [0.2, 0.25) is 5.91 Å². The van der Waals surface area contributed by atoms with Gasteiger partial charge in [-0.1, -0.05) is 19.1 Å². The molecule has 0 saturated heterocycles. The van der Waals surface area contributed by atoms with Crippen molar-refractivity contribution < 1.29 is 9.53 Å². The van der Waals surface area contributed by atoms with Gasteiger partial charge in [-0.05, 0) is 54.3 Å². The molecule has 0 saturated carbocycles. The van der Waals surface area contributed by atoms with Gasteiger partial charge in [0.25, 0.3) is 0 Å². The second-order valence-corrected chi connectivity index (χ2v) is 7.98. The standard InChI is InChI=1S/C24H26N4O2/c1-15-16(2)28(17(3)29)22-6-5-20(19-8-10-30-11-9-19)12-21(22)24(15)27-23-7-4-18(13-25)14-26-23/h4-8,12,14-16,24H,9-11H2,1-3H3,(H,26,27)/t15-,16-,24+/m0/s1. The minimum absolute atomic E-state index is 0.00794. The number of carbonyl (C=O) groups excluding carboxylic acids is 1. The third kappa shape index (κ3) is 3.69. The number of anilines is 2. The molecule has 4 rings (SSSR count). The zero-order valence-electron chi connectivity index (χ0n) is 17.6. The van der Waals surface area contributed by atoms with Crippen LogP contribution in [-0.2, 0) is 9.53 Å². The lowest BCUT2D eigenvalue weighted by Crippen LogP contribution is -2.48. The fraction of sp³-hybridized carbons (Fsp3) is 0.375. The minimum atomic E-state index is -0.00794. The molecule has 2 aromatic rings. The number of pyridine rings is 1. The van der Waals surface area contributed by atoms with Crippen LogP contribution in [0.25, 0.3) is 5.57 Å². The summed E-state index contributed by atoms with van der Waals surface area (Å²) in [6.07, 6.45) is 4.59. The van der Waals surface area contributed by atoms with Crippen LogP contribution in [0.15, 0.2) is 42.6 Å². The summed E-state index contributed by atoms with van der Waals surface area (Å²) in [7, 11) is 0. The average Bonchev–Trinajstić information content (AvgIpc) is 2.77. The molecule has 1 N–H and O–H groups in total. The van der Waals surface area contributed by atoms with E-state index in [2.05, 4.69) is 54.5 Å². The van der Waals surface area contributed by atoms with E-state index in [4.69, 9.17) is 10.00 Å². The first kappa shape index (κ1) is 20.1. The number of rotatable bonds is 3. The normalized spacial score (nSPS) is 23.2. The molecule has 0 fully saturated rings. The number of hydrogen-bond acceptors (Lipinski definition) is 5. The van der Waals surface area contributed by atoms with Crippen LogP contribution in [0, 0.1) is 17.2 Å². The van der Waals surface area contributed by atoms with Gasteiger partial charge in [-0.15, -0.1) is 0 Å². The largest absolute Gasteiger partial charge is 0.377 e. The Kier molecular flexibility index (Phi) is 5.56. The van der Waals surface area contributed by atoms with Gasteiger partial charge in [0.15, 0.2) is 0 Å². The fourth-order valence-electron chi connectivity index (χ4n) is 4.40. The summed E-state index contributed by atoms with van der Waals surface area (Å²) < 4.78 is 5.46. The molecule has 0 unspecified atom stereocenters. The molecule has 1 aromatic carbocycles. The van der Waals surface area contributed by atoms with E-state index in [1.54, 1.807) is 19.2 Å². The number of nitrogens with zero attached hydrogens (tertiary/aromatic N) is 3. The van der Waals surface area contributed by atoms with Crippen LogP contribution in [0.2, 0.25) is 0 Å². The highest BCUT2D eigenvalue weighted by atomic mass is 16.5. The molecule has 154 valence electrons. The molecule has 3 atom stereocenters. The van der Waals surface area contributed by atoms with Gasteiger partial charge in [-0.2, -0.15) is 5.26 Å². The molecule has 3 heterocycles. The molecule has 1 aromatic heterocycles. The Morgan fingerprint density at radius 3 is 2.77 bits per heavy atom. The smallest absolute Gasteiger partial charge is 0.224 e. The van der Waals surface area contributed by atoms with Gasteiger partial charge in [0.1, 0.15) is 11.9 Å². The Hall–Kier alpha value is -3.17. The third-order valence-corrected chi connectivity index (χ3v) is 6.19. The minimum Gasteiger partial charge on any atom is -0.377 e. The molecular weight excluding hydrogens is 376 g/mol. The molecule has 0 radical (unpaired) electrons.